The van der Waals surface area contributed by atoms with E-state index in [0.717, 1.165) is 12.8 Å². The van der Waals surface area contributed by atoms with E-state index in [2.05, 4.69) is 38.4 Å². The van der Waals surface area contributed by atoms with Gasteiger partial charge in [-0.1, -0.05) is 42.5 Å². The van der Waals surface area contributed by atoms with E-state index in [-0.39, 0.29) is 30.5 Å². The van der Waals surface area contributed by atoms with Crippen molar-refractivity contribution in [3.63, 3.8) is 0 Å². The van der Waals surface area contributed by atoms with Gasteiger partial charge in [0, 0.05) is 5.56 Å². The Labute approximate surface area is 143 Å². The number of hydrogen-bond acceptors (Lipinski definition) is 2. The molecule has 23 heavy (non-hydrogen) atoms. The molecule has 0 radical (unpaired) electrons. The fourth-order valence-electron chi connectivity index (χ4n) is 3.32. The molecule has 0 spiro atoms. The highest BCUT2D eigenvalue weighted by Crippen LogP contribution is 2.30. The van der Waals surface area contributed by atoms with Crippen LogP contribution in [0.25, 0.3) is 0 Å². The zero-order valence-electron chi connectivity index (χ0n) is 13.5. The molecular formula is C19H22ClNO2. The lowest BCUT2D eigenvalue weighted by atomic mass is 9.85. The summed E-state index contributed by atoms with van der Waals surface area (Å²) >= 11 is 0. The third-order valence-electron chi connectivity index (χ3n) is 4.35. The normalized spacial score (nSPS) is 19.6. The maximum Gasteiger partial charge on any atom is 0.338 e. The lowest BCUT2D eigenvalue weighted by Crippen LogP contribution is -3.07. The number of carbonyl (C=O) groups excluding carboxylic acids is 1. The quantitative estimate of drug-likeness (QED) is 0.735. The smallest absolute Gasteiger partial charge is 0.338 e. The largest absolute Gasteiger partial charge is 1.00 e. The van der Waals surface area contributed by atoms with Crippen LogP contribution in [0.4, 0.5) is 0 Å². The van der Waals surface area contributed by atoms with Crippen LogP contribution >= 0.6 is 0 Å². The van der Waals surface area contributed by atoms with Gasteiger partial charge in [0.25, 0.3) is 0 Å². The number of rotatable bonds is 3. The first-order valence-corrected chi connectivity index (χ1v) is 7.80. The molecule has 1 aliphatic carbocycles. The van der Waals surface area contributed by atoms with Crippen LogP contribution in [-0.2, 0) is 11.2 Å². The van der Waals surface area contributed by atoms with Gasteiger partial charge in [0.1, 0.15) is 0 Å². The van der Waals surface area contributed by atoms with E-state index in [0.29, 0.717) is 5.56 Å². The molecule has 0 aliphatic heterocycles. The molecule has 2 aromatic carbocycles. The Morgan fingerprint density at radius 3 is 2.39 bits per heavy atom. The number of ether oxygens (including phenoxy) is 1. The Morgan fingerprint density at radius 2 is 1.70 bits per heavy atom. The summed E-state index contributed by atoms with van der Waals surface area (Å²) in [5.74, 6) is -0.226. The summed E-state index contributed by atoms with van der Waals surface area (Å²) in [4.78, 5) is 13.7. The number of hydrogen-bond donors (Lipinski definition) is 1. The van der Waals surface area contributed by atoms with E-state index in [4.69, 9.17) is 4.74 Å². The van der Waals surface area contributed by atoms with Crippen molar-refractivity contribution in [3.05, 3.63) is 71.3 Å². The highest BCUT2D eigenvalue weighted by molar-refractivity contribution is 5.89. The van der Waals surface area contributed by atoms with Crippen LogP contribution in [0.2, 0.25) is 0 Å². The van der Waals surface area contributed by atoms with Crippen LogP contribution in [-0.4, -0.2) is 26.2 Å². The number of quaternary nitrogens is 1. The Kier molecular flexibility index (Phi) is 5.80. The SMILES string of the molecule is C[NH+](C)C1c2ccccc2CCC1OC(=O)c1ccccc1.[Cl-]. The van der Waals surface area contributed by atoms with Crippen molar-refractivity contribution in [1.29, 1.82) is 0 Å². The molecule has 3 nitrogen and oxygen atoms in total. The summed E-state index contributed by atoms with van der Waals surface area (Å²) in [6.07, 6.45) is 1.77. The van der Waals surface area contributed by atoms with Crippen molar-refractivity contribution in [2.45, 2.75) is 25.0 Å². The Balaban J connectivity index is 0.00000192. The van der Waals surface area contributed by atoms with Crippen LogP contribution in [0.3, 0.4) is 0 Å². The van der Waals surface area contributed by atoms with Gasteiger partial charge in [0.15, 0.2) is 12.1 Å². The predicted molar refractivity (Wildman–Crippen MR) is 86.0 cm³/mol. The number of benzene rings is 2. The highest BCUT2D eigenvalue weighted by atomic mass is 35.5. The number of likely N-dealkylation sites (N-methyl/N-ethyl adjacent to an activating group) is 1. The number of halogens is 1. The predicted octanol–water partition coefficient (Wildman–Crippen LogP) is -0.952. The summed E-state index contributed by atoms with van der Waals surface area (Å²) in [5, 5.41) is 0. The molecule has 1 aliphatic rings. The van der Waals surface area contributed by atoms with Crippen molar-refractivity contribution in [1.82, 2.24) is 0 Å². The summed E-state index contributed by atoms with van der Waals surface area (Å²) in [6, 6.07) is 17.9. The average molecular weight is 332 g/mol. The van der Waals surface area contributed by atoms with Crippen LogP contribution in [0.5, 0.6) is 0 Å². The molecule has 0 saturated heterocycles. The van der Waals surface area contributed by atoms with Crippen LogP contribution in [0, 0.1) is 0 Å². The molecule has 0 saturated carbocycles. The fraction of sp³-hybridized carbons (Fsp3) is 0.316. The molecule has 3 rings (SSSR count). The zero-order chi connectivity index (χ0) is 15.5. The first-order chi connectivity index (χ1) is 10.7. The summed E-state index contributed by atoms with van der Waals surface area (Å²) in [5.41, 5.74) is 3.30. The lowest BCUT2D eigenvalue weighted by molar-refractivity contribution is -0.896. The van der Waals surface area contributed by atoms with Crippen molar-refractivity contribution >= 4 is 5.97 Å². The Morgan fingerprint density at radius 1 is 1.04 bits per heavy atom. The molecular weight excluding hydrogens is 310 g/mol. The highest BCUT2D eigenvalue weighted by Gasteiger charge is 2.36. The van der Waals surface area contributed by atoms with Crippen LogP contribution < -0.4 is 17.3 Å². The molecule has 2 aromatic rings. The molecule has 0 bridgehead atoms. The van der Waals surface area contributed by atoms with Gasteiger partial charge in [-0.25, -0.2) is 4.79 Å². The molecule has 2 atom stereocenters. The lowest BCUT2D eigenvalue weighted by Gasteiger charge is -2.34. The van der Waals surface area contributed by atoms with E-state index < -0.39 is 0 Å². The van der Waals surface area contributed by atoms with Crippen LogP contribution in [0.15, 0.2) is 54.6 Å². The van der Waals surface area contributed by atoms with Gasteiger partial charge >= 0.3 is 5.97 Å². The van der Waals surface area contributed by atoms with Crippen molar-refractivity contribution in [2.75, 3.05) is 14.1 Å². The topological polar surface area (TPSA) is 30.7 Å². The van der Waals surface area contributed by atoms with E-state index in [1.54, 1.807) is 12.1 Å². The van der Waals surface area contributed by atoms with Gasteiger partial charge in [0.05, 0.1) is 19.7 Å². The van der Waals surface area contributed by atoms with Gasteiger partial charge in [-0.2, -0.15) is 0 Å². The first kappa shape index (κ1) is 17.5. The minimum absolute atomic E-state index is 0. The standard InChI is InChI=1S/C19H21NO2.ClH/c1-20(2)18-16-11-7-6-8-14(16)12-13-17(18)22-19(21)15-9-4-3-5-10-15;/h3-11,17-18H,12-13H2,1-2H3;1H. The van der Waals surface area contributed by atoms with Gasteiger partial charge in [0.2, 0.25) is 0 Å². The second kappa shape index (κ2) is 7.62. The third kappa shape index (κ3) is 3.74. The summed E-state index contributed by atoms with van der Waals surface area (Å²) in [7, 11) is 4.24. The van der Waals surface area contributed by atoms with E-state index >= 15 is 0 Å². The molecule has 0 aromatic heterocycles. The second-order valence-corrected chi connectivity index (χ2v) is 6.10. The van der Waals surface area contributed by atoms with E-state index in [1.807, 2.05) is 18.2 Å². The maximum atomic E-state index is 12.4. The monoisotopic (exact) mass is 331 g/mol. The number of aryl methyl sites for hydroxylation is 1. The molecule has 4 heteroatoms. The van der Waals surface area contributed by atoms with Crippen LogP contribution in [0.1, 0.15) is 33.9 Å². The molecule has 0 amide bonds. The second-order valence-electron chi connectivity index (χ2n) is 6.10. The fourth-order valence-corrected chi connectivity index (χ4v) is 3.32. The number of esters is 1. The molecule has 0 fully saturated rings. The molecule has 122 valence electrons. The van der Waals surface area contributed by atoms with Crippen molar-refractivity contribution in [2.24, 2.45) is 0 Å². The third-order valence-corrected chi connectivity index (χ3v) is 4.35. The maximum absolute atomic E-state index is 12.4. The van der Waals surface area contributed by atoms with E-state index in [9.17, 15) is 4.79 Å². The van der Waals surface area contributed by atoms with Gasteiger partial charge in [-0.05, 0) is 30.5 Å². The van der Waals surface area contributed by atoms with Gasteiger partial charge in [-0.3, -0.25) is 0 Å². The minimum atomic E-state index is -0.226. The number of fused-ring (bicyclic) bond motifs is 1. The zero-order valence-corrected chi connectivity index (χ0v) is 14.2. The van der Waals surface area contributed by atoms with Crippen molar-refractivity contribution in [3.8, 4) is 0 Å². The number of nitrogens with one attached hydrogen (secondary N) is 1. The average Bonchev–Trinajstić information content (AvgIpc) is 2.55. The minimum Gasteiger partial charge on any atom is -1.00 e. The number of carbonyl (C=O) groups is 1. The molecule has 1 N–H and O–H groups in total. The van der Waals surface area contributed by atoms with Gasteiger partial charge in [-0.15, -0.1) is 0 Å². The molecule has 2 unspecified atom stereocenters. The Hall–Kier alpha value is -1.84. The molecule has 0 heterocycles. The first-order valence-electron chi connectivity index (χ1n) is 7.80. The summed E-state index contributed by atoms with van der Waals surface area (Å²) in [6.45, 7) is 0. The van der Waals surface area contributed by atoms with E-state index in [1.165, 1.54) is 16.0 Å². The Bertz CT molecular complexity index is 657. The summed E-state index contributed by atoms with van der Waals surface area (Å²) < 4.78 is 5.85. The van der Waals surface area contributed by atoms with Crippen molar-refractivity contribution < 1.29 is 26.8 Å². The van der Waals surface area contributed by atoms with Gasteiger partial charge < -0.3 is 22.0 Å².